The van der Waals surface area contributed by atoms with Crippen LogP contribution in [0.2, 0.25) is 0 Å². The molecule has 0 spiro atoms. The normalized spacial score (nSPS) is 14.6. The lowest BCUT2D eigenvalue weighted by atomic mass is 9.97. The van der Waals surface area contributed by atoms with Gasteiger partial charge in [-0.1, -0.05) is 48.5 Å². The van der Waals surface area contributed by atoms with Gasteiger partial charge in [0.15, 0.2) is 0 Å². The molecular weight excluding hydrogens is 230 g/mol. The van der Waals surface area contributed by atoms with Crippen LogP contribution in [0.25, 0.3) is 11.1 Å². The SMILES string of the molecule is CN(C1c2ccccc2-c2ccccc21)C(C)(C)C. The number of benzene rings is 2. The Balaban J connectivity index is 2.20. The Labute approximate surface area is 115 Å². The summed E-state index contributed by atoms with van der Waals surface area (Å²) in [6, 6.07) is 17.9. The first-order valence-electron chi connectivity index (χ1n) is 6.91. The van der Waals surface area contributed by atoms with E-state index in [2.05, 4.69) is 81.2 Å². The van der Waals surface area contributed by atoms with Gasteiger partial charge in [0.05, 0.1) is 6.04 Å². The van der Waals surface area contributed by atoms with Gasteiger partial charge >= 0.3 is 0 Å². The summed E-state index contributed by atoms with van der Waals surface area (Å²) in [6.07, 6.45) is 0. The maximum Gasteiger partial charge on any atom is 0.0615 e. The van der Waals surface area contributed by atoms with Gasteiger partial charge in [-0.3, -0.25) is 4.90 Å². The summed E-state index contributed by atoms with van der Waals surface area (Å²) in [4.78, 5) is 2.47. The first-order valence-corrected chi connectivity index (χ1v) is 6.91. The molecule has 0 radical (unpaired) electrons. The first kappa shape index (κ1) is 12.4. The molecule has 0 amide bonds. The smallest absolute Gasteiger partial charge is 0.0615 e. The van der Waals surface area contributed by atoms with Crippen LogP contribution >= 0.6 is 0 Å². The van der Waals surface area contributed by atoms with Gasteiger partial charge < -0.3 is 0 Å². The lowest BCUT2D eigenvalue weighted by molar-refractivity contribution is 0.140. The molecule has 0 saturated carbocycles. The van der Waals surface area contributed by atoms with Gasteiger partial charge in [0, 0.05) is 5.54 Å². The van der Waals surface area contributed by atoms with Gasteiger partial charge in [0.1, 0.15) is 0 Å². The van der Waals surface area contributed by atoms with Crippen molar-refractivity contribution in [2.24, 2.45) is 0 Å². The van der Waals surface area contributed by atoms with Crippen LogP contribution in [-0.4, -0.2) is 17.5 Å². The molecule has 2 aromatic carbocycles. The highest BCUT2D eigenvalue weighted by atomic mass is 15.2. The Kier molecular flexibility index (Phi) is 2.75. The molecule has 19 heavy (non-hydrogen) atoms. The fourth-order valence-corrected chi connectivity index (χ4v) is 2.93. The van der Waals surface area contributed by atoms with Gasteiger partial charge in [-0.25, -0.2) is 0 Å². The van der Waals surface area contributed by atoms with Crippen LogP contribution in [0.15, 0.2) is 48.5 Å². The quantitative estimate of drug-likeness (QED) is 0.722. The summed E-state index contributed by atoms with van der Waals surface area (Å²) in [7, 11) is 2.23. The molecule has 0 atom stereocenters. The molecule has 1 aliphatic rings. The van der Waals surface area contributed by atoms with Crippen molar-refractivity contribution in [1.29, 1.82) is 0 Å². The largest absolute Gasteiger partial charge is 0.290 e. The molecule has 1 nitrogen and oxygen atoms in total. The van der Waals surface area contributed by atoms with Crippen molar-refractivity contribution in [2.45, 2.75) is 32.4 Å². The predicted molar refractivity (Wildman–Crippen MR) is 81.2 cm³/mol. The van der Waals surface area contributed by atoms with Gasteiger partial charge in [-0.05, 0) is 50.1 Å². The van der Waals surface area contributed by atoms with Gasteiger partial charge in [-0.15, -0.1) is 0 Å². The minimum atomic E-state index is 0.148. The molecule has 0 fully saturated rings. The summed E-state index contributed by atoms with van der Waals surface area (Å²) in [5.74, 6) is 0. The highest BCUT2D eigenvalue weighted by Gasteiger charge is 2.34. The average molecular weight is 251 g/mol. The van der Waals surface area contributed by atoms with Crippen LogP contribution in [0.3, 0.4) is 0 Å². The van der Waals surface area contributed by atoms with Gasteiger partial charge in [0.25, 0.3) is 0 Å². The third-order valence-electron chi connectivity index (χ3n) is 4.25. The highest BCUT2D eigenvalue weighted by molar-refractivity contribution is 5.78. The van der Waals surface area contributed by atoms with Crippen LogP contribution in [0, 0.1) is 0 Å². The second kappa shape index (κ2) is 4.21. The van der Waals surface area contributed by atoms with E-state index in [-0.39, 0.29) is 5.54 Å². The Morgan fingerprint density at radius 2 is 1.21 bits per heavy atom. The average Bonchev–Trinajstić information content (AvgIpc) is 2.71. The lowest BCUT2D eigenvalue weighted by Crippen LogP contribution is -2.40. The molecule has 0 N–H and O–H groups in total. The van der Waals surface area contributed by atoms with Crippen LogP contribution in [0.5, 0.6) is 0 Å². The van der Waals surface area contributed by atoms with E-state index in [0.29, 0.717) is 6.04 Å². The van der Waals surface area contributed by atoms with Crippen LogP contribution in [-0.2, 0) is 0 Å². The summed E-state index contributed by atoms with van der Waals surface area (Å²) >= 11 is 0. The molecule has 0 aliphatic heterocycles. The van der Waals surface area contributed by atoms with Gasteiger partial charge in [-0.2, -0.15) is 0 Å². The molecule has 0 heterocycles. The van der Waals surface area contributed by atoms with E-state index in [9.17, 15) is 0 Å². The van der Waals surface area contributed by atoms with E-state index in [4.69, 9.17) is 0 Å². The van der Waals surface area contributed by atoms with E-state index in [1.807, 2.05) is 0 Å². The molecular formula is C18H21N. The fourth-order valence-electron chi connectivity index (χ4n) is 2.93. The summed E-state index contributed by atoms with van der Waals surface area (Å²) in [5.41, 5.74) is 5.79. The van der Waals surface area contributed by atoms with Gasteiger partial charge in [0.2, 0.25) is 0 Å². The Morgan fingerprint density at radius 1 is 0.789 bits per heavy atom. The summed E-state index contributed by atoms with van der Waals surface area (Å²) < 4.78 is 0. The van der Waals surface area contributed by atoms with E-state index in [0.717, 1.165) is 0 Å². The number of rotatable bonds is 1. The second-order valence-corrected chi connectivity index (χ2v) is 6.36. The fraction of sp³-hybridized carbons (Fsp3) is 0.333. The van der Waals surface area contributed by atoms with Crippen molar-refractivity contribution in [2.75, 3.05) is 7.05 Å². The van der Waals surface area contributed by atoms with Crippen LogP contribution in [0.4, 0.5) is 0 Å². The zero-order chi connectivity index (χ0) is 13.6. The number of hydrogen-bond acceptors (Lipinski definition) is 1. The third kappa shape index (κ3) is 1.89. The minimum absolute atomic E-state index is 0.148. The predicted octanol–water partition coefficient (Wildman–Crippen LogP) is 4.49. The first-order chi connectivity index (χ1) is 9.00. The number of fused-ring (bicyclic) bond motifs is 3. The Bertz CT molecular complexity index is 562. The molecule has 1 heteroatoms. The van der Waals surface area contributed by atoms with E-state index in [1.165, 1.54) is 22.3 Å². The molecule has 0 bridgehead atoms. The number of hydrogen-bond donors (Lipinski definition) is 0. The van der Waals surface area contributed by atoms with Crippen molar-refractivity contribution in [3.05, 3.63) is 59.7 Å². The summed E-state index contributed by atoms with van der Waals surface area (Å²) in [6.45, 7) is 6.82. The molecule has 3 rings (SSSR count). The zero-order valence-electron chi connectivity index (χ0n) is 12.1. The van der Waals surface area contributed by atoms with Crippen molar-refractivity contribution in [3.63, 3.8) is 0 Å². The Morgan fingerprint density at radius 3 is 1.63 bits per heavy atom. The van der Waals surface area contributed by atoms with Crippen molar-refractivity contribution >= 4 is 0 Å². The van der Waals surface area contributed by atoms with E-state index < -0.39 is 0 Å². The Hall–Kier alpha value is -1.60. The number of nitrogens with zero attached hydrogens (tertiary/aromatic N) is 1. The second-order valence-electron chi connectivity index (χ2n) is 6.36. The summed E-state index contributed by atoms with van der Waals surface area (Å²) in [5, 5.41) is 0. The zero-order valence-corrected chi connectivity index (χ0v) is 12.1. The topological polar surface area (TPSA) is 3.24 Å². The maximum atomic E-state index is 2.47. The standard InChI is InChI=1S/C18H21N/c1-18(2,3)19(4)17-15-11-7-5-9-13(15)14-10-6-8-12-16(14)17/h5-12,17H,1-4H3. The molecule has 0 aromatic heterocycles. The van der Waals surface area contributed by atoms with Crippen molar-refractivity contribution < 1.29 is 0 Å². The van der Waals surface area contributed by atoms with E-state index in [1.54, 1.807) is 0 Å². The highest BCUT2D eigenvalue weighted by Crippen LogP contribution is 2.47. The molecule has 2 aromatic rings. The minimum Gasteiger partial charge on any atom is -0.290 e. The van der Waals surface area contributed by atoms with Crippen molar-refractivity contribution in [3.8, 4) is 11.1 Å². The monoisotopic (exact) mass is 251 g/mol. The van der Waals surface area contributed by atoms with Crippen LogP contribution in [0.1, 0.15) is 37.9 Å². The molecule has 98 valence electrons. The van der Waals surface area contributed by atoms with E-state index >= 15 is 0 Å². The molecule has 0 unspecified atom stereocenters. The van der Waals surface area contributed by atoms with Crippen LogP contribution < -0.4 is 0 Å². The molecule has 0 saturated heterocycles. The maximum absolute atomic E-state index is 2.47. The molecule has 1 aliphatic carbocycles. The third-order valence-corrected chi connectivity index (χ3v) is 4.25. The lowest BCUT2D eigenvalue weighted by Gasteiger charge is -2.38. The van der Waals surface area contributed by atoms with Crippen molar-refractivity contribution in [1.82, 2.24) is 4.90 Å².